The smallest absolute Gasteiger partial charge is 0.237 e. The van der Waals surface area contributed by atoms with Gasteiger partial charge in [-0.3, -0.25) is 4.79 Å². The number of nitrogens with one attached hydrogen (secondary N) is 1. The number of halogens is 1. The van der Waals surface area contributed by atoms with Crippen molar-refractivity contribution in [3.63, 3.8) is 0 Å². The van der Waals surface area contributed by atoms with Crippen LogP contribution >= 0.6 is 27.3 Å². The van der Waals surface area contributed by atoms with Gasteiger partial charge in [0.1, 0.15) is 0 Å². The molecule has 1 amide bonds. The lowest BCUT2D eigenvalue weighted by atomic mass is 9.87. The number of hydrogen-bond acceptors (Lipinski definition) is 3. The van der Waals surface area contributed by atoms with Gasteiger partial charge in [0, 0.05) is 14.7 Å². The maximum absolute atomic E-state index is 11.7. The fourth-order valence-electron chi connectivity index (χ4n) is 1.12. The van der Waals surface area contributed by atoms with Gasteiger partial charge in [-0.05, 0) is 27.4 Å². The average Bonchev–Trinajstić information content (AvgIpc) is 2.58. The lowest BCUT2D eigenvalue weighted by Gasteiger charge is -2.25. The Hall–Kier alpha value is -0.390. The number of carbonyl (C=O) groups is 1. The van der Waals surface area contributed by atoms with Crippen LogP contribution in [0, 0.1) is 5.41 Å². The molecule has 3 nitrogen and oxygen atoms in total. The van der Waals surface area contributed by atoms with Crippen molar-refractivity contribution in [2.75, 3.05) is 0 Å². The molecule has 0 aromatic carbocycles. The van der Waals surface area contributed by atoms with Gasteiger partial charge < -0.3 is 11.1 Å². The van der Waals surface area contributed by atoms with E-state index in [1.54, 1.807) is 11.3 Å². The predicted molar refractivity (Wildman–Crippen MR) is 71.3 cm³/mol. The van der Waals surface area contributed by atoms with Crippen molar-refractivity contribution < 1.29 is 4.79 Å². The molecule has 0 saturated heterocycles. The average molecular weight is 305 g/mol. The molecule has 0 aliphatic carbocycles. The number of rotatable bonds is 3. The molecule has 5 heteroatoms. The van der Waals surface area contributed by atoms with E-state index in [-0.39, 0.29) is 11.3 Å². The number of amides is 1. The second kappa shape index (κ2) is 5.29. The molecule has 0 bridgehead atoms. The summed E-state index contributed by atoms with van der Waals surface area (Å²) in [5, 5.41) is 4.84. The molecular weight excluding hydrogens is 288 g/mol. The Balaban J connectivity index is 2.47. The maximum Gasteiger partial charge on any atom is 0.237 e. The van der Waals surface area contributed by atoms with Gasteiger partial charge >= 0.3 is 0 Å². The van der Waals surface area contributed by atoms with E-state index in [0.29, 0.717) is 6.54 Å². The molecule has 0 aliphatic rings. The highest BCUT2D eigenvalue weighted by Crippen LogP contribution is 2.20. The molecule has 3 N–H and O–H groups in total. The monoisotopic (exact) mass is 304 g/mol. The highest BCUT2D eigenvalue weighted by molar-refractivity contribution is 9.10. The Morgan fingerprint density at radius 2 is 2.25 bits per heavy atom. The van der Waals surface area contributed by atoms with E-state index >= 15 is 0 Å². The third-order valence-electron chi connectivity index (χ3n) is 2.27. The van der Waals surface area contributed by atoms with Crippen LogP contribution in [0.25, 0.3) is 0 Å². The number of carbonyl (C=O) groups excluding carboxylic acids is 1. The van der Waals surface area contributed by atoms with Crippen LogP contribution in [-0.2, 0) is 11.3 Å². The van der Waals surface area contributed by atoms with Crippen molar-refractivity contribution in [1.82, 2.24) is 5.32 Å². The van der Waals surface area contributed by atoms with Crippen molar-refractivity contribution in [2.45, 2.75) is 33.4 Å². The summed E-state index contributed by atoms with van der Waals surface area (Å²) < 4.78 is 1.04. The third-order valence-corrected chi connectivity index (χ3v) is 3.97. The predicted octanol–water partition coefficient (Wildman–Crippen LogP) is 2.50. The van der Waals surface area contributed by atoms with Crippen LogP contribution in [-0.4, -0.2) is 11.9 Å². The Morgan fingerprint density at radius 1 is 1.62 bits per heavy atom. The van der Waals surface area contributed by atoms with Crippen LogP contribution in [0.2, 0.25) is 0 Å². The normalized spacial score (nSPS) is 13.6. The topological polar surface area (TPSA) is 55.1 Å². The minimum Gasteiger partial charge on any atom is -0.350 e. The zero-order chi connectivity index (χ0) is 12.3. The van der Waals surface area contributed by atoms with Gasteiger partial charge in [0.05, 0.1) is 12.6 Å². The highest BCUT2D eigenvalue weighted by atomic mass is 79.9. The van der Waals surface area contributed by atoms with Gasteiger partial charge in [-0.1, -0.05) is 20.8 Å². The number of hydrogen-bond donors (Lipinski definition) is 2. The van der Waals surface area contributed by atoms with Crippen molar-refractivity contribution >= 4 is 33.2 Å². The molecule has 0 saturated carbocycles. The molecule has 1 rings (SSSR count). The minimum absolute atomic E-state index is 0.1000. The molecule has 1 heterocycles. The van der Waals surface area contributed by atoms with Gasteiger partial charge in [0.25, 0.3) is 0 Å². The number of thiophene rings is 1. The molecular formula is C11H17BrN2OS. The molecule has 1 aromatic rings. The lowest BCUT2D eigenvalue weighted by molar-refractivity contribution is -0.124. The Kier molecular flexibility index (Phi) is 4.52. The summed E-state index contributed by atoms with van der Waals surface area (Å²) in [6, 6.07) is 1.52. The maximum atomic E-state index is 11.7. The van der Waals surface area contributed by atoms with E-state index in [9.17, 15) is 4.79 Å². The Labute approximate surface area is 109 Å². The van der Waals surface area contributed by atoms with Crippen molar-refractivity contribution in [1.29, 1.82) is 0 Å². The van der Waals surface area contributed by atoms with Crippen molar-refractivity contribution in [3.8, 4) is 0 Å². The summed E-state index contributed by atoms with van der Waals surface area (Å²) in [5.74, 6) is -0.1000. The molecule has 0 spiro atoms. The van der Waals surface area contributed by atoms with Gasteiger partial charge in [-0.2, -0.15) is 0 Å². The van der Waals surface area contributed by atoms with Gasteiger partial charge in [0.2, 0.25) is 5.91 Å². The quantitative estimate of drug-likeness (QED) is 0.901. The first-order chi connectivity index (χ1) is 7.30. The summed E-state index contributed by atoms with van der Waals surface area (Å²) in [6.45, 7) is 6.41. The summed E-state index contributed by atoms with van der Waals surface area (Å²) in [7, 11) is 0. The fraction of sp³-hybridized carbons (Fsp3) is 0.545. The zero-order valence-corrected chi connectivity index (χ0v) is 12.1. The van der Waals surface area contributed by atoms with Gasteiger partial charge in [-0.25, -0.2) is 0 Å². The van der Waals surface area contributed by atoms with Gasteiger partial charge in [-0.15, -0.1) is 11.3 Å². The molecule has 1 aromatic heterocycles. The second-order valence-corrected chi connectivity index (χ2v) is 6.70. The Bertz CT molecular complexity index is 370. The van der Waals surface area contributed by atoms with E-state index < -0.39 is 6.04 Å². The summed E-state index contributed by atoms with van der Waals surface area (Å²) in [5.41, 5.74) is 5.64. The van der Waals surface area contributed by atoms with E-state index in [1.807, 2.05) is 32.2 Å². The second-order valence-electron chi connectivity index (χ2n) is 4.79. The molecule has 0 fully saturated rings. The first-order valence-corrected chi connectivity index (χ1v) is 6.74. The standard InChI is InChI=1S/C11H17BrN2OS/c1-11(2,3)9(13)10(15)14-5-8-4-7(12)6-16-8/h4,6,9H,5,13H2,1-3H3,(H,14,15)/t9-/m1/s1. The van der Waals surface area contributed by atoms with Crippen LogP contribution in [0.4, 0.5) is 0 Å². The molecule has 0 unspecified atom stereocenters. The van der Waals surface area contributed by atoms with E-state index in [4.69, 9.17) is 5.73 Å². The third kappa shape index (κ3) is 3.88. The first-order valence-electron chi connectivity index (χ1n) is 5.07. The van der Waals surface area contributed by atoms with E-state index in [0.717, 1.165) is 9.35 Å². The van der Waals surface area contributed by atoms with Crippen molar-refractivity contribution in [2.24, 2.45) is 11.1 Å². The van der Waals surface area contributed by atoms with Crippen molar-refractivity contribution in [3.05, 3.63) is 20.8 Å². The molecule has 0 radical (unpaired) electrons. The molecule has 90 valence electrons. The molecule has 16 heavy (non-hydrogen) atoms. The van der Waals surface area contributed by atoms with Crippen LogP contribution in [0.3, 0.4) is 0 Å². The summed E-state index contributed by atoms with van der Waals surface area (Å²) >= 11 is 4.98. The summed E-state index contributed by atoms with van der Waals surface area (Å²) in [6.07, 6.45) is 0. The van der Waals surface area contributed by atoms with Gasteiger partial charge in [0.15, 0.2) is 0 Å². The number of nitrogens with two attached hydrogens (primary N) is 1. The molecule has 1 atom stereocenters. The van der Waals surface area contributed by atoms with Crippen LogP contribution in [0.5, 0.6) is 0 Å². The zero-order valence-electron chi connectivity index (χ0n) is 9.71. The van der Waals surface area contributed by atoms with Crippen LogP contribution in [0.1, 0.15) is 25.6 Å². The van der Waals surface area contributed by atoms with E-state index in [1.165, 1.54) is 0 Å². The highest BCUT2D eigenvalue weighted by Gasteiger charge is 2.27. The van der Waals surface area contributed by atoms with Crippen LogP contribution < -0.4 is 11.1 Å². The van der Waals surface area contributed by atoms with Crippen LogP contribution in [0.15, 0.2) is 15.9 Å². The largest absolute Gasteiger partial charge is 0.350 e. The lowest BCUT2D eigenvalue weighted by Crippen LogP contribution is -2.48. The SMILES string of the molecule is CC(C)(C)[C@H](N)C(=O)NCc1cc(Br)cs1. The minimum atomic E-state index is -0.476. The fourth-order valence-corrected chi connectivity index (χ4v) is 2.51. The Morgan fingerprint density at radius 3 is 2.69 bits per heavy atom. The first kappa shape index (κ1) is 13.7. The van der Waals surface area contributed by atoms with E-state index in [2.05, 4.69) is 21.2 Å². The molecule has 0 aliphatic heterocycles. The summed E-state index contributed by atoms with van der Waals surface area (Å²) in [4.78, 5) is 12.8.